The normalized spacial score (nSPS) is 10.7. The van der Waals surface area contributed by atoms with Crippen LogP contribution in [0.1, 0.15) is 33.6 Å². The molecule has 96 valence electrons. The summed E-state index contributed by atoms with van der Waals surface area (Å²) >= 11 is 0. The number of likely N-dealkylation sites (N-methyl/N-ethyl adjacent to an activating group) is 1. The van der Waals surface area contributed by atoms with E-state index in [2.05, 4.69) is 25.2 Å². The summed E-state index contributed by atoms with van der Waals surface area (Å²) in [5.74, 6) is -1.57. The maximum atomic E-state index is 11.0. The van der Waals surface area contributed by atoms with E-state index in [1.165, 1.54) is 12.6 Å². The van der Waals surface area contributed by atoms with Gasteiger partial charge in [-0.1, -0.05) is 17.2 Å². The molecular formula is C13H21NO3. The van der Waals surface area contributed by atoms with Crippen molar-refractivity contribution in [1.29, 1.82) is 0 Å². The molecule has 0 aromatic heterocycles. The lowest BCUT2D eigenvalue weighted by Gasteiger charge is -2.02. The maximum absolute atomic E-state index is 11.0. The Balaban J connectivity index is 3.88. The van der Waals surface area contributed by atoms with Gasteiger partial charge < -0.3 is 10.1 Å². The largest absolute Gasteiger partial charge is 0.454 e. The van der Waals surface area contributed by atoms with Crippen molar-refractivity contribution in [3.63, 3.8) is 0 Å². The smallest absolute Gasteiger partial charge is 0.397 e. The van der Waals surface area contributed by atoms with Crippen molar-refractivity contribution in [2.45, 2.75) is 33.6 Å². The first kappa shape index (κ1) is 15.4. The average molecular weight is 239 g/mol. The van der Waals surface area contributed by atoms with E-state index in [-0.39, 0.29) is 6.61 Å². The zero-order valence-corrected chi connectivity index (χ0v) is 11.0. The topological polar surface area (TPSA) is 55.4 Å². The Kier molecular flexibility index (Phi) is 7.76. The number of nitrogens with one attached hydrogen (secondary N) is 1. The number of amides is 1. The van der Waals surface area contributed by atoms with E-state index in [0.717, 1.165) is 18.4 Å². The second kappa shape index (κ2) is 8.56. The molecule has 0 radical (unpaired) electrons. The Morgan fingerprint density at radius 3 is 2.35 bits per heavy atom. The predicted octanol–water partition coefficient (Wildman–Crippen LogP) is 1.97. The molecule has 4 nitrogen and oxygen atoms in total. The van der Waals surface area contributed by atoms with Crippen molar-refractivity contribution in [3.8, 4) is 0 Å². The van der Waals surface area contributed by atoms with Crippen molar-refractivity contribution < 1.29 is 14.3 Å². The third-order valence-corrected chi connectivity index (χ3v) is 2.15. The Morgan fingerprint density at radius 1 is 1.18 bits per heavy atom. The van der Waals surface area contributed by atoms with Crippen LogP contribution in [0.15, 0.2) is 23.3 Å². The van der Waals surface area contributed by atoms with Crippen molar-refractivity contribution in [3.05, 3.63) is 23.3 Å². The lowest BCUT2D eigenvalue weighted by molar-refractivity contribution is -0.153. The Morgan fingerprint density at radius 2 is 1.82 bits per heavy atom. The van der Waals surface area contributed by atoms with Crippen molar-refractivity contribution >= 4 is 11.9 Å². The fourth-order valence-electron chi connectivity index (χ4n) is 1.12. The van der Waals surface area contributed by atoms with Gasteiger partial charge in [0.2, 0.25) is 0 Å². The number of allylic oxidation sites excluding steroid dienone is 3. The Labute approximate surface area is 103 Å². The molecule has 0 spiro atoms. The lowest BCUT2D eigenvalue weighted by Crippen LogP contribution is -2.29. The van der Waals surface area contributed by atoms with Gasteiger partial charge in [-0.05, 0) is 39.7 Å². The van der Waals surface area contributed by atoms with Gasteiger partial charge in [0, 0.05) is 7.05 Å². The summed E-state index contributed by atoms with van der Waals surface area (Å²) < 4.78 is 4.75. The molecule has 0 atom stereocenters. The molecule has 0 aliphatic heterocycles. The molecule has 0 saturated heterocycles. The van der Waals surface area contributed by atoms with Crippen LogP contribution in [0.25, 0.3) is 0 Å². The monoisotopic (exact) mass is 239 g/mol. The molecule has 0 heterocycles. The highest BCUT2D eigenvalue weighted by molar-refractivity contribution is 6.32. The molecule has 0 fully saturated rings. The molecule has 0 aromatic rings. The number of hydrogen-bond donors (Lipinski definition) is 1. The standard InChI is InChI=1S/C13H21NO3/c1-10(2)6-5-7-11(3)8-9-17-13(16)12(15)14-4/h6,8H,5,7,9H2,1-4H3,(H,14,15)/b11-8+. The van der Waals surface area contributed by atoms with Crippen LogP contribution < -0.4 is 5.32 Å². The van der Waals surface area contributed by atoms with Crippen LogP contribution in [0.3, 0.4) is 0 Å². The summed E-state index contributed by atoms with van der Waals surface area (Å²) in [5, 5.41) is 2.21. The van der Waals surface area contributed by atoms with Gasteiger partial charge in [0.25, 0.3) is 0 Å². The Hall–Kier alpha value is -1.58. The summed E-state index contributed by atoms with van der Waals surface area (Å²) in [6, 6.07) is 0. The van der Waals surface area contributed by atoms with E-state index in [4.69, 9.17) is 4.74 Å². The maximum Gasteiger partial charge on any atom is 0.397 e. The van der Waals surface area contributed by atoms with Gasteiger partial charge in [0.15, 0.2) is 0 Å². The van der Waals surface area contributed by atoms with Crippen LogP contribution in [0, 0.1) is 0 Å². The third-order valence-electron chi connectivity index (χ3n) is 2.15. The highest BCUT2D eigenvalue weighted by Gasteiger charge is 2.11. The second-order valence-electron chi connectivity index (χ2n) is 4.05. The highest BCUT2D eigenvalue weighted by atomic mass is 16.5. The van der Waals surface area contributed by atoms with E-state index in [9.17, 15) is 9.59 Å². The highest BCUT2D eigenvalue weighted by Crippen LogP contribution is 2.06. The van der Waals surface area contributed by atoms with E-state index >= 15 is 0 Å². The summed E-state index contributed by atoms with van der Waals surface area (Å²) in [7, 11) is 1.39. The van der Waals surface area contributed by atoms with E-state index in [1.54, 1.807) is 0 Å². The molecule has 0 aliphatic rings. The molecule has 0 aliphatic carbocycles. The van der Waals surface area contributed by atoms with Crippen LogP contribution in [0.2, 0.25) is 0 Å². The van der Waals surface area contributed by atoms with Gasteiger partial charge in [-0.25, -0.2) is 4.79 Å². The lowest BCUT2D eigenvalue weighted by atomic mass is 10.1. The third kappa shape index (κ3) is 8.25. The molecule has 1 amide bonds. The SMILES string of the molecule is CNC(=O)C(=O)OC/C=C(\C)CCC=C(C)C. The number of carbonyl (C=O) groups is 2. The number of carbonyl (C=O) groups excluding carboxylic acids is 2. The van der Waals surface area contributed by atoms with Crippen molar-refractivity contribution in [2.75, 3.05) is 13.7 Å². The van der Waals surface area contributed by atoms with Crippen LogP contribution in [-0.2, 0) is 14.3 Å². The number of ether oxygens (including phenoxy) is 1. The summed E-state index contributed by atoms with van der Waals surface area (Å²) in [6.45, 7) is 6.24. The zero-order valence-electron chi connectivity index (χ0n) is 11.0. The molecule has 1 N–H and O–H groups in total. The fourth-order valence-corrected chi connectivity index (χ4v) is 1.12. The van der Waals surface area contributed by atoms with Gasteiger partial charge in [0.1, 0.15) is 6.61 Å². The average Bonchev–Trinajstić information content (AvgIpc) is 2.27. The zero-order chi connectivity index (χ0) is 13.3. The predicted molar refractivity (Wildman–Crippen MR) is 67.4 cm³/mol. The fraction of sp³-hybridized carbons (Fsp3) is 0.538. The molecule has 17 heavy (non-hydrogen) atoms. The van der Waals surface area contributed by atoms with Crippen molar-refractivity contribution in [1.82, 2.24) is 5.32 Å². The molecule has 0 aromatic carbocycles. The minimum atomic E-state index is -0.846. The molecule has 4 heteroatoms. The first-order chi connectivity index (χ1) is 7.97. The van der Waals surface area contributed by atoms with Gasteiger partial charge >= 0.3 is 11.9 Å². The van der Waals surface area contributed by atoms with E-state index < -0.39 is 11.9 Å². The molecule has 0 bridgehead atoms. The van der Waals surface area contributed by atoms with Gasteiger partial charge in [-0.15, -0.1) is 0 Å². The van der Waals surface area contributed by atoms with Crippen LogP contribution in [0.5, 0.6) is 0 Å². The Bertz CT molecular complexity index is 326. The number of hydrogen-bond acceptors (Lipinski definition) is 3. The summed E-state index contributed by atoms with van der Waals surface area (Å²) in [4.78, 5) is 21.8. The molecule has 0 saturated carbocycles. The van der Waals surface area contributed by atoms with Crippen LogP contribution >= 0.6 is 0 Å². The van der Waals surface area contributed by atoms with Crippen molar-refractivity contribution in [2.24, 2.45) is 0 Å². The molecule has 0 rings (SSSR count). The minimum Gasteiger partial charge on any atom is -0.454 e. The van der Waals surface area contributed by atoms with E-state index in [1.807, 2.05) is 13.0 Å². The number of rotatable bonds is 5. The molecular weight excluding hydrogens is 218 g/mol. The quantitative estimate of drug-likeness (QED) is 0.453. The van der Waals surface area contributed by atoms with E-state index in [0.29, 0.717) is 0 Å². The van der Waals surface area contributed by atoms with Gasteiger partial charge in [-0.3, -0.25) is 4.79 Å². The van der Waals surface area contributed by atoms with Gasteiger partial charge in [0.05, 0.1) is 0 Å². The first-order valence-corrected chi connectivity index (χ1v) is 5.65. The van der Waals surface area contributed by atoms with Crippen LogP contribution in [0.4, 0.5) is 0 Å². The summed E-state index contributed by atoms with van der Waals surface area (Å²) in [6.07, 6.45) is 5.89. The first-order valence-electron chi connectivity index (χ1n) is 5.65. The van der Waals surface area contributed by atoms with Crippen LogP contribution in [-0.4, -0.2) is 25.5 Å². The number of esters is 1. The summed E-state index contributed by atoms with van der Waals surface area (Å²) in [5.41, 5.74) is 2.44. The minimum absolute atomic E-state index is 0.146. The van der Waals surface area contributed by atoms with Gasteiger partial charge in [-0.2, -0.15) is 0 Å². The molecule has 0 unspecified atom stereocenters. The second-order valence-corrected chi connectivity index (χ2v) is 4.05.